The van der Waals surface area contributed by atoms with E-state index in [0.29, 0.717) is 6.04 Å². The SMILES string of the molecule is CNC(Cc1cc(C)ccc1OC)CC1CCSCC1. The summed E-state index contributed by atoms with van der Waals surface area (Å²) in [4.78, 5) is 0. The molecule has 112 valence electrons. The van der Waals surface area contributed by atoms with Crippen LogP contribution in [0.1, 0.15) is 30.4 Å². The second-order valence-electron chi connectivity index (χ2n) is 5.80. The Bertz CT molecular complexity index is 415. The van der Waals surface area contributed by atoms with Crippen LogP contribution in [-0.4, -0.2) is 31.7 Å². The molecule has 0 saturated carbocycles. The van der Waals surface area contributed by atoms with Gasteiger partial charge >= 0.3 is 0 Å². The Kier molecular flexibility index (Phi) is 6.24. The molecule has 0 aromatic heterocycles. The molecule has 2 rings (SSSR count). The van der Waals surface area contributed by atoms with Crippen LogP contribution in [0.3, 0.4) is 0 Å². The molecule has 0 spiro atoms. The van der Waals surface area contributed by atoms with Crippen LogP contribution in [0.2, 0.25) is 0 Å². The predicted octanol–water partition coefficient (Wildman–Crippen LogP) is 3.67. The van der Waals surface area contributed by atoms with E-state index in [1.807, 2.05) is 0 Å². The summed E-state index contributed by atoms with van der Waals surface area (Å²) < 4.78 is 5.50. The highest BCUT2D eigenvalue weighted by Gasteiger charge is 2.19. The Morgan fingerprint density at radius 3 is 2.75 bits per heavy atom. The summed E-state index contributed by atoms with van der Waals surface area (Å²) in [6, 6.07) is 7.03. The molecule has 2 nitrogen and oxygen atoms in total. The molecule has 1 N–H and O–H groups in total. The lowest BCUT2D eigenvalue weighted by molar-refractivity contribution is 0.368. The fraction of sp³-hybridized carbons (Fsp3) is 0.647. The normalized spacial score (nSPS) is 17.9. The Morgan fingerprint density at radius 1 is 1.35 bits per heavy atom. The lowest BCUT2D eigenvalue weighted by Crippen LogP contribution is -2.31. The summed E-state index contributed by atoms with van der Waals surface area (Å²) in [5.74, 6) is 4.60. The van der Waals surface area contributed by atoms with Gasteiger partial charge in [0.1, 0.15) is 5.75 Å². The first-order chi connectivity index (χ1) is 9.72. The maximum absolute atomic E-state index is 5.50. The summed E-state index contributed by atoms with van der Waals surface area (Å²) in [5, 5.41) is 3.51. The molecule has 1 saturated heterocycles. The second-order valence-corrected chi connectivity index (χ2v) is 7.02. The Balaban J connectivity index is 1.99. The van der Waals surface area contributed by atoms with Crippen molar-refractivity contribution in [3.05, 3.63) is 29.3 Å². The molecule has 0 aliphatic carbocycles. The zero-order valence-corrected chi connectivity index (χ0v) is 13.8. The largest absolute Gasteiger partial charge is 0.496 e. The van der Waals surface area contributed by atoms with Crippen molar-refractivity contribution in [1.29, 1.82) is 0 Å². The molecular formula is C17H27NOS. The van der Waals surface area contributed by atoms with Gasteiger partial charge in [-0.3, -0.25) is 0 Å². The Morgan fingerprint density at radius 2 is 2.10 bits per heavy atom. The summed E-state index contributed by atoms with van der Waals surface area (Å²) >= 11 is 2.10. The van der Waals surface area contributed by atoms with Crippen LogP contribution in [0.4, 0.5) is 0 Å². The van der Waals surface area contributed by atoms with Crippen molar-refractivity contribution >= 4 is 11.8 Å². The van der Waals surface area contributed by atoms with Crippen LogP contribution < -0.4 is 10.1 Å². The molecule has 1 heterocycles. The molecule has 1 fully saturated rings. The number of likely N-dealkylation sites (N-methyl/N-ethyl adjacent to an activating group) is 1. The van der Waals surface area contributed by atoms with Crippen molar-refractivity contribution in [2.24, 2.45) is 5.92 Å². The van der Waals surface area contributed by atoms with Crippen molar-refractivity contribution in [2.45, 2.75) is 38.6 Å². The Labute approximate surface area is 127 Å². The maximum Gasteiger partial charge on any atom is 0.122 e. The quantitative estimate of drug-likeness (QED) is 0.865. The lowest BCUT2D eigenvalue weighted by Gasteiger charge is -2.26. The second kappa shape index (κ2) is 7.94. The molecule has 0 radical (unpaired) electrons. The molecule has 1 aliphatic rings. The number of ether oxygens (including phenoxy) is 1. The molecule has 1 aliphatic heterocycles. The van der Waals surface area contributed by atoms with Crippen LogP contribution in [0.25, 0.3) is 0 Å². The highest BCUT2D eigenvalue weighted by Crippen LogP contribution is 2.28. The van der Waals surface area contributed by atoms with E-state index in [-0.39, 0.29) is 0 Å². The number of aryl methyl sites for hydroxylation is 1. The van der Waals surface area contributed by atoms with E-state index >= 15 is 0 Å². The molecule has 1 unspecified atom stereocenters. The fourth-order valence-corrected chi connectivity index (χ4v) is 4.22. The number of hydrogen-bond acceptors (Lipinski definition) is 3. The van der Waals surface area contributed by atoms with E-state index < -0.39 is 0 Å². The van der Waals surface area contributed by atoms with Gasteiger partial charge in [-0.1, -0.05) is 17.7 Å². The molecule has 1 atom stereocenters. The molecule has 20 heavy (non-hydrogen) atoms. The third kappa shape index (κ3) is 4.42. The summed E-state index contributed by atoms with van der Waals surface area (Å²) in [6.45, 7) is 2.15. The van der Waals surface area contributed by atoms with Gasteiger partial charge in [-0.05, 0) is 68.7 Å². The van der Waals surface area contributed by atoms with Gasteiger partial charge in [0.05, 0.1) is 7.11 Å². The van der Waals surface area contributed by atoms with Crippen LogP contribution >= 0.6 is 11.8 Å². The topological polar surface area (TPSA) is 21.3 Å². The summed E-state index contributed by atoms with van der Waals surface area (Å²) in [5.41, 5.74) is 2.64. The van der Waals surface area contributed by atoms with E-state index in [1.54, 1.807) is 7.11 Å². The van der Waals surface area contributed by atoms with E-state index in [9.17, 15) is 0 Å². The number of nitrogens with one attached hydrogen (secondary N) is 1. The van der Waals surface area contributed by atoms with Crippen LogP contribution in [0.5, 0.6) is 5.75 Å². The van der Waals surface area contributed by atoms with Crippen molar-refractivity contribution in [3.8, 4) is 5.75 Å². The van der Waals surface area contributed by atoms with Gasteiger partial charge in [0.25, 0.3) is 0 Å². The average Bonchev–Trinajstić information content (AvgIpc) is 2.48. The van der Waals surface area contributed by atoms with Gasteiger partial charge in [0.2, 0.25) is 0 Å². The van der Waals surface area contributed by atoms with Crippen molar-refractivity contribution in [1.82, 2.24) is 5.32 Å². The number of rotatable bonds is 6. The molecule has 1 aromatic rings. The predicted molar refractivity (Wildman–Crippen MR) is 88.9 cm³/mol. The Hall–Kier alpha value is -0.670. The summed E-state index contributed by atoms with van der Waals surface area (Å²) in [6.07, 6.45) is 5.11. The van der Waals surface area contributed by atoms with E-state index in [1.165, 1.54) is 41.9 Å². The highest BCUT2D eigenvalue weighted by atomic mass is 32.2. The van der Waals surface area contributed by atoms with Crippen LogP contribution in [0, 0.1) is 12.8 Å². The number of thioether (sulfide) groups is 1. The highest BCUT2D eigenvalue weighted by molar-refractivity contribution is 7.99. The number of benzene rings is 1. The van der Waals surface area contributed by atoms with Gasteiger partial charge in [-0.25, -0.2) is 0 Å². The minimum absolute atomic E-state index is 0.554. The van der Waals surface area contributed by atoms with Crippen molar-refractivity contribution in [3.63, 3.8) is 0 Å². The smallest absolute Gasteiger partial charge is 0.122 e. The first-order valence-electron chi connectivity index (χ1n) is 7.61. The first kappa shape index (κ1) is 15.7. The van der Waals surface area contributed by atoms with E-state index in [4.69, 9.17) is 4.74 Å². The van der Waals surface area contributed by atoms with Crippen molar-refractivity contribution < 1.29 is 4.74 Å². The molecule has 3 heteroatoms. The fourth-order valence-electron chi connectivity index (χ4n) is 3.02. The van der Waals surface area contributed by atoms with Gasteiger partial charge in [-0.2, -0.15) is 11.8 Å². The van der Waals surface area contributed by atoms with Gasteiger partial charge in [-0.15, -0.1) is 0 Å². The maximum atomic E-state index is 5.50. The minimum atomic E-state index is 0.554. The van der Waals surface area contributed by atoms with Gasteiger partial charge in [0.15, 0.2) is 0 Å². The van der Waals surface area contributed by atoms with Gasteiger partial charge < -0.3 is 10.1 Å². The number of methoxy groups -OCH3 is 1. The molecule has 0 bridgehead atoms. The minimum Gasteiger partial charge on any atom is -0.496 e. The van der Waals surface area contributed by atoms with Crippen molar-refractivity contribution in [2.75, 3.05) is 25.7 Å². The standard InChI is InChI=1S/C17H27NOS/c1-13-4-5-17(19-3)15(10-13)12-16(18-2)11-14-6-8-20-9-7-14/h4-5,10,14,16,18H,6-9,11-12H2,1-3H3. The third-order valence-electron chi connectivity index (χ3n) is 4.27. The summed E-state index contributed by atoms with van der Waals surface area (Å²) in [7, 11) is 3.85. The monoisotopic (exact) mass is 293 g/mol. The van der Waals surface area contributed by atoms with Crippen LogP contribution in [-0.2, 0) is 6.42 Å². The number of hydrogen-bond donors (Lipinski definition) is 1. The molecule has 0 amide bonds. The third-order valence-corrected chi connectivity index (χ3v) is 5.32. The average molecular weight is 293 g/mol. The molecular weight excluding hydrogens is 266 g/mol. The van der Waals surface area contributed by atoms with E-state index in [2.05, 4.69) is 49.2 Å². The molecule has 1 aromatic carbocycles. The first-order valence-corrected chi connectivity index (χ1v) is 8.77. The zero-order chi connectivity index (χ0) is 14.4. The van der Waals surface area contributed by atoms with Gasteiger partial charge in [0, 0.05) is 6.04 Å². The zero-order valence-electron chi connectivity index (χ0n) is 12.9. The van der Waals surface area contributed by atoms with E-state index in [0.717, 1.165) is 18.1 Å². The lowest BCUT2D eigenvalue weighted by atomic mass is 9.90. The van der Waals surface area contributed by atoms with Crippen LogP contribution in [0.15, 0.2) is 18.2 Å².